The van der Waals surface area contributed by atoms with Gasteiger partial charge in [0.1, 0.15) is 11.4 Å². The van der Waals surface area contributed by atoms with Gasteiger partial charge in [0.2, 0.25) is 10.0 Å². The van der Waals surface area contributed by atoms with Crippen molar-refractivity contribution >= 4 is 10.0 Å². The molecule has 0 aliphatic rings. The van der Waals surface area contributed by atoms with Crippen LogP contribution in [0.5, 0.6) is 0 Å². The Morgan fingerprint density at radius 3 is 2.35 bits per heavy atom. The summed E-state index contributed by atoms with van der Waals surface area (Å²) >= 11 is 0. The number of nitrogens with two attached hydrogens (primary N) is 1. The highest BCUT2D eigenvalue weighted by Gasteiger charge is 2.30. The van der Waals surface area contributed by atoms with Crippen LogP contribution in [-0.2, 0) is 14.8 Å². The van der Waals surface area contributed by atoms with Crippen LogP contribution in [0.1, 0.15) is 31.3 Å². The molecule has 0 bridgehead atoms. The van der Waals surface area contributed by atoms with Gasteiger partial charge in [-0.05, 0) is 26.3 Å². The lowest BCUT2D eigenvalue weighted by Crippen LogP contribution is -2.33. The molecule has 0 aliphatic carbocycles. The smallest absolute Gasteiger partial charge is 0.214 e. The van der Waals surface area contributed by atoms with E-state index in [-0.39, 0.29) is 0 Å². The molecule has 1 heterocycles. The Balaban J connectivity index is 3.05. The van der Waals surface area contributed by atoms with Gasteiger partial charge in [0.05, 0.1) is 0 Å². The Morgan fingerprint density at radius 1 is 1.41 bits per heavy atom. The van der Waals surface area contributed by atoms with Crippen molar-refractivity contribution in [3.63, 3.8) is 0 Å². The molecule has 0 saturated carbocycles. The van der Waals surface area contributed by atoms with Crippen LogP contribution in [0.2, 0.25) is 0 Å². The first kappa shape index (κ1) is 14.0. The zero-order valence-corrected chi connectivity index (χ0v) is 10.9. The zero-order valence-electron chi connectivity index (χ0n) is 10.1. The quantitative estimate of drug-likeness (QED) is 0.832. The van der Waals surface area contributed by atoms with Gasteiger partial charge in [-0.1, -0.05) is 0 Å². The number of nitrogens with zero attached hydrogens (tertiary/aromatic N) is 2. The predicted octanol–water partition coefficient (Wildman–Crippen LogP) is 0.540. The molecule has 0 radical (unpaired) electrons. The topological polar surface area (TPSA) is 95.2 Å². The van der Waals surface area contributed by atoms with Gasteiger partial charge in [0.25, 0.3) is 0 Å². The molecule has 1 aromatic heterocycles. The van der Waals surface area contributed by atoms with Gasteiger partial charge in [-0.25, -0.2) is 23.5 Å². The molecule has 2 N–H and O–H groups in total. The van der Waals surface area contributed by atoms with Crippen LogP contribution in [0.3, 0.4) is 0 Å². The van der Waals surface area contributed by atoms with Crippen molar-refractivity contribution in [1.29, 1.82) is 0 Å². The van der Waals surface area contributed by atoms with Gasteiger partial charge in [0, 0.05) is 19.0 Å². The third-order valence-corrected chi connectivity index (χ3v) is 3.63. The second kappa shape index (κ2) is 5.52. The molecule has 0 spiro atoms. The molecule has 17 heavy (non-hydrogen) atoms. The SMILES string of the molecule is CCOC(c1ncc(C)cn1)[C@@H](C)S(N)(=O)=O. The lowest BCUT2D eigenvalue weighted by Gasteiger charge is -2.20. The minimum absolute atomic E-state index is 0.332. The van der Waals surface area contributed by atoms with Crippen LogP contribution in [0.15, 0.2) is 12.4 Å². The van der Waals surface area contributed by atoms with E-state index in [4.69, 9.17) is 9.88 Å². The van der Waals surface area contributed by atoms with E-state index >= 15 is 0 Å². The van der Waals surface area contributed by atoms with E-state index in [1.165, 1.54) is 6.92 Å². The van der Waals surface area contributed by atoms with Gasteiger partial charge < -0.3 is 4.74 Å². The van der Waals surface area contributed by atoms with Crippen LogP contribution in [0, 0.1) is 6.92 Å². The third-order valence-electron chi connectivity index (χ3n) is 2.35. The standard InChI is InChI=1S/C10H17N3O3S/c1-4-16-9(8(3)17(11,14)15)10-12-5-7(2)6-13-10/h5-6,8-9H,4H2,1-3H3,(H2,11,14,15)/t8-,9?/m1/s1. The number of rotatable bonds is 5. The molecule has 7 heteroatoms. The zero-order chi connectivity index (χ0) is 13.1. The average Bonchev–Trinajstić information content (AvgIpc) is 2.25. The number of hydrogen-bond acceptors (Lipinski definition) is 5. The summed E-state index contributed by atoms with van der Waals surface area (Å²) in [5.74, 6) is 0.332. The van der Waals surface area contributed by atoms with Crippen LogP contribution in [-0.4, -0.2) is 30.2 Å². The molecule has 0 aliphatic heterocycles. The Morgan fingerprint density at radius 2 is 1.94 bits per heavy atom. The minimum Gasteiger partial charge on any atom is -0.369 e. The number of aromatic nitrogens is 2. The van der Waals surface area contributed by atoms with Crippen molar-refractivity contribution in [2.24, 2.45) is 5.14 Å². The first-order valence-electron chi connectivity index (χ1n) is 5.28. The number of primary sulfonamides is 1. The molecule has 1 unspecified atom stereocenters. The van der Waals surface area contributed by atoms with E-state index in [0.717, 1.165) is 5.56 Å². The molecule has 1 rings (SSSR count). The fourth-order valence-electron chi connectivity index (χ4n) is 1.32. The van der Waals surface area contributed by atoms with Crippen molar-refractivity contribution in [1.82, 2.24) is 9.97 Å². The summed E-state index contributed by atoms with van der Waals surface area (Å²) in [4.78, 5) is 8.15. The second-order valence-corrected chi connectivity index (χ2v) is 5.71. The highest BCUT2D eigenvalue weighted by atomic mass is 32.2. The van der Waals surface area contributed by atoms with Crippen molar-refractivity contribution in [3.8, 4) is 0 Å². The largest absolute Gasteiger partial charge is 0.369 e. The van der Waals surface area contributed by atoms with Crippen molar-refractivity contribution in [2.45, 2.75) is 32.1 Å². The maximum Gasteiger partial charge on any atom is 0.214 e. The molecule has 2 atom stereocenters. The average molecular weight is 259 g/mol. The molecule has 0 aromatic carbocycles. The highest BCUT2D eigenvalue weighted by molar-refractivity contribution is 7.89. The van der Waals surface area contributed by atoms with Crippen molar-refractivity contribution < 1.29 is 13.2 Å². The maximum atomic E-state index is 11.3. The molecule has 0 fully saturated rings. The molecular formula is C10H17N3O3S. The van der Waals surface area contributed by atoms with E-state index in [2.05, 4.69) is 9.97 Å². The summed E-state index contributed by atoms with van der Waals surface area (Å²) in [6.07, 6.45) is 2.49. The summed E-state index contributed by atoms with van der Waals surface area (Å²) in [5, 5.41) is 4.23. The summed E-state index contributed by atoms with van der Waals surface area (Å²) in [6.45, 7) is 5.47. The lowest BCUT2D eigenvalue weighted by molar-refractivity contribution is 0.0556. The Kier molecular flexibility index (Phi) is 4.55. The van der Waals surface area contributed by atoms with E-state index < -0.39 is 21.4 Å². The number of sulfonamides is 1. The first-order valence-corrected chi connectivity index (χ1v) is 6.89. The second-order valence-electron chi connectivity index (χ2n) is 3.79. The fourth-order valence-corrected chi connectivity index (χ4v) is 1.87. The molecule has 6 nitrogen and oxygen atoms in total. The summed E-state index contributed by atoms with van der Waals surface area (Å²) in [6, 6.07) is 0. The fraction of sp³-hybridized carbons (Fsp3) is 0.600. The lowest BCUT2D eigenvalue weighted by atomic mass is 10.2. The molecule has 0 amide bonds. The van der Waals surface area contributed by atoms with Crippen LogP contribution >= 0.6 is 0 Å². The van der Waals surface area contributed by atoms with Crippen molar-refractivity contribution in [2.75, 3.05) is 6.61 Å². The van der Waals surface area contributed by atoms with Crippen LogP contribution < -0.4 is 5.14 Å². The number of hydrogen-bond donors (Lipinski definition) is 1. The van der Waals surface area contributed by atoms with Gasteiger partial charge in [0.15, 0.2) is 5.82 Å². The molecule has 96 valence electrons. The van der Waals surface area contributed by atoms with Gasteiger partial charge in [-0.15, -0.1) is 0 Å². The maximum absolute atomic E-state index is 11.3. The van der Waals surface area contributed by atoms with E-state index in [1.807, 2.05) is 6.92 Å². The predicted molar refractivity (Wildman–Crippen MR) is 63.7 cm³/mol. The van der Waals surface area contributed by atoms with Crippen molar-refractivity contribution in [3.05, 3.63) is 23.8 Å². The molecule has 1 aromatic rings. The molecule has 0 saturated heterocycles. The van der Waals surface area contributed by atoms with Gasteiger partial charge >= 0.3 is 0 Å². The van der Waals surface area contributed by atoms with E-state index in [9.17, 15) is 8.42 Å². The Bertz CT molecular complexity index is 458. The van der Waals surface area contributed by atoms with Crippen LogP contribution in [0.4, 0.5) is 0 Å². The Labute approximate surface area is 101 Å². The van der Waals surface area contributed by atoms with Crippen LogP contribution in [0.25, 0.3) is 0 Å². The van der Waals surface area contributed by atoms with Gasteiger partial charge in [-0.2, -0.15) is 0 Å². The number of aryl methyl sites for hydroxylation is 1. The van der Waals surface area contributed by atoms with Gasteiger partial charge in [-0.3, -0.25) is 0 Å². The number of ether oxygens (including phenoxy) is 1. The normalized spacial score (nSPS) is 15.5. The minimum atomic E-state index is -3.69. The van der Waals surface area contributed by atoms with E-state index in [1.54, 1.807) is 19.3 Å². The summed E-state index contributed by atoms with van der Waals surface area (Å²) < 4.78 is 28.0. The summed E-state index contributed by atoms with van der Waals surface area (Å²) in [7, 11) is -3.69. The first-order chi connectivity index (χ1) is 7.86. The molecular weight excluding hydrogens is 242 g/mol. The highest BCUT2D eigenvalue weighted by Crippen LogP contribution is 2.21. The summed E-state index contributed by atoms with van der Waals surface area (Å²) in [5.41, 5.74) is 0.896. The monoisotopic (exact) mass is 259 g/mol. The van der Waals surface area contributed by atoms with E-state index in [0.29, 0.717) is 12.4 Å². The Hall–Kier alpha value is -1.05. The third kappa shape index (κ3) is 3.72.